The second kappa shape index (κ2) is 20.8. The summed E-state index contributed by atoms with van der Waals surface area (Å²) in [4.78, 5) is 42.6. The van der Waals surface area contributed by atoms with Crippen LogP contribution in [0.1, 0.15) is 128 Å². The van der Waals surface area contributed by atoms with Gasteiger partial charge in [0, 0.05) is 72.5 Å². The number of benzene rings is 3. The number of hydrogen-bond acceptors (Lipinski definition) is 12. The number of nitrogens with one attached hydrogen (secondary N) is 2. The standard InChI is InChI=1S/C55H64N2O10/c1-4-17-55(65)43-15-16-47(60)39(23-43)19-33-9-8-10-34(18-33)20-45(59)26-42-21-36(38-22-40(48(61)31-56-3)25-44(24-38)57-30-32(2)58)13-14-37-29-50(62)67-53-46(37)27-41(28-49(55)66-54(42)64)52(63)51(53)35-11-6-5-7-12-35/h5-11,18,22,24-27,32,35-37,39,43,45,48-49,56-59,61,63,65H,4,12,15-17,19-21,23,28-31H2,1-3H3/b42-26-/t32-,35-,36-,37+,39+,43+,45-,48-,49+,55-/m0/s1. The molecule has 0 saturated heterocycles. The Labute approximate surface area is 393 Å². The van der Waals surface area contributed by atoms with E-state index in [1.54, 1.807) is 26.1 Å². The van der Waals surface area contributed by atoms with Crippen molar-refractivity contribution in [1.82, 2.24) is 5.32 Å². The first kappa shape index (κ1) is 47.9. The first-order valence-corrected chi connectivity index (χ1v) is 24.0. The van der Waals surface area contributed by atoms with Gasteiger partial charge in [-0.15, -0.1) is 0 Å². The molecule has 7 N–H and O–H groups in total. The Kier molecular flexibility index (Phi) is 14.8. The maximum absolute atomic E-state index is 15.3. The Balaban J connectivity index is 1.37. The molecule has 0 spiro atoms. The van der Waals surface area contributed by atoms with Crippen LogP contribution in [-0.2, 0) is 38.4 Å². The third kappa shape index (κ3) is 10.8. The summed E-state index contributed by atoms with van der Waals surface area (Å²) in [5.74, 6) is 3.10. The summed E-state index contributed by atoms with van der Waals surface area (Å²) < 4.78 is 12.7. The lowest BCUT2D eigenvalue weighted by Crippen LogP contribution is -2.54. The molecule has 8 bridgehead atoms. The number of allylic oxidation sites excluding steroid dienone is 4. The Morgan fingerprint density at radius 2 is 1.73 bits per heavy atom. The number of ether oxygens (including phenoxy) is 2. The van der Waals surface area contributed by atoms with Crippen LogP contribution in [0.2, 0.25) is 0 Å². The van der Waals surface area contributed by atoms with E-state index in [4.69, 9.17) is 9.47 Å². The van der Waals surface area contributed by atoms with Crippen LogP contribution in [0.5, 0.6) is 11.5 Å². The highest BCUT2D eigenvalue weighted by Crippen LogP contribution is 2.50. The van der Waals surface area contributed by atoms with Gasteiger partial charge in [-0.25, -0.2) is 4.79 Å². The molecule has 3 aromatic carbocycles. The van der Waals surface area contributed by atoms with E-state index in [2.05, 4.69) is 22.5 Å². The van der Waals surface area contributed by atoms with Crippen molar-refractivity contribution >= 4 is 23.4 Å². The van der Waals surface area contributed by atoms with Gasteiger partial charge in [0.2, 0.25) is 0 Å². The molecule has 354 valence electrons. The predicted octanol–water partition coefficient (Wildman–Crippen LogP) is 6.68. The number of carbonyl (C=O) groups is 3. The number of aliphatic hydroxyl groups excluding tert-OH is 3. The van der Waals surface area contributed by atoms with Gasteiger partial charge >= 0.3 is 11.9 Å². The van der Waals surface area contributed by atoms with E-state index in [0.717, 1.165) is 11.1 Å². The molecule has 12 nitrogen and oxygen atoms in total. The topological polar surface area (TPSA) is 195 Å². The Hall–Kier alpha value is -5.55. The Bertz CT molecular complexity index is 2510. The zero-order valence-corrected chi connectivity index (χ0v) is 38.7. The van der Waals surface area contributed by atoms with Gasteiger partial charge in [-0.2, -0.15) is 0 Å². The normalized spacial score (nSPS) is 28.9. The molecule has 2 aliphatic carbocycles. The molecule has 0 radical (unpaired) electrons. The fourth-order valence-corrected chi connectivity index (χ4v) is 10.8. The largest absolute Gasteiger partial charge is 0.507 e. The van der Waals surface area contributed by atoms with Crippen molar-refractivity contribution in [2.45, 2.75) is 132 Å². The summed E-state index contributed by atoms with van der Waals surface area (Å²) in [6.45, 7) is 4.07. The van der Waals surface area contributed by atoms with Crippen LogP contribution in [0.15, 0.2) is 84.5 Å². The van der Waals surface area contributed by atoms with Crippen molar-refractivity contribution in [2.24, 2.45) is 11.8 Å². The number of phenols is 1. The molecular weight excluding hydrogens is 849 g/mol. The third-order valence-corrected chi connectivity index (χ3v) is 14.2. The number of aromatic hydroxyl groups is 1. The number of fused-ring (bicyclic) bond motifs is 8. The number of esters is 2. The van der Waals surface area contributed by atoms with E-state index in [-0.39, 0.29) is 80.4 Å². The molecule has 3 heterocycles. The van der Waals surface area contributed by atoms with Gasteiger partial charge in [0.15, 0.2) is 0 Å². The second-order valence-corrected chi connectivity index (χ2v) is 19.3. The average molecular weight is 913 g/mol. The molecule has 0 amide bonds. The summed E-state index contributed by atoms with van der Waals surface area (Å²) in [7, 11) is 1.74. The lowest BCUT2D eigenvalue weighted by molar-refractivity contribution is -0.176. The molecule has 3 aromatic rings. The minimum Gasteiger partial charge on any atom is -0.507 e. The molecule has 12 heteroatoms. The number of rotatable bonds is 10. The van der Waals surface area contributed by atoms with Crippen molar-refractivity contribution in [3.05, 3.63) is 123 Å². The molecular formula is C55H64N2O10. The number of carbonyl (C=O) groups excluding carboxylic acids is 3. The van der Waals surface area contributed by atoms with E-state index >= 15 is 4.79 Å². The first-order valence-electron chi connectivity index (χ1n) is 24.0. The molecule has 1 fully saturated rings. The third-order valence-electron chi connectivity index (χ3n) is 14.2. The lowest BCUT2D eigenvalue weighted by atomic mass is 9.66. The van der Waals surface area contributed by atoms with E-state index in [0.29, 0.717) is 65.6 Å². The minimum atomic E-state index is -1.66. The quantitative estimate of drug-likeness (QED) is 0.0650. The van der Waals surface area contributed by atoms with Gasteiger partial charge in [0.05, 0.1) is 30.7 Å². The van der Waals surface area contributed by atoms with Crippen LogP contribution < -0.4 is 15.4 Å². The van der Waals surface area contributed by atoms with Crippen molar-refractivity contribution in [1.29, 1.82) is 0 Å². The fourth-order valence-electron chi connectivity index (χ4n) is 10.8. The summed E-state index contributed by atoms with van der Waals surface area (Å²) in [5, 5.41) is 65.6. The van der Waals surface area contributed by atoms with Crippen molar-refractivity contribution in [3.8, 4) is 23.3 Å². The minimum absolute atomic E-state index is 0.0689. The number of Topliss-reactive ketones (excluding diaryl/α,β-unsaturated/α-hetero) is 1. The summed E-state index contributed by atoms with van der Waals surface area (Å²) in [5.41, 5.74) is 3.40. The Morgan fingerprint density at radius 3 is 2.48 bits per heavy atom. The number of aliphatic hydroxyl groups is 4. The zero-order valence-electron chi connectivity index (χ0n) is 38.7. The van der Waals surface area contributed by atoms with Gasteiger partial charge in [-0.05, 0) is 111 Å². The van der Waals surface area contributed by atoms with Crippen molar-refractivity contribution in [3.63, 3.8) is 0 Å². The molecule has 1 saturated carbocycles. The first-order chi connectivity index (χ1) is 32.2. The van der Waals surface area contributed by atoms with Gasteiger partial charge in [0.25, 0.3) is 0 Å². The number of ketones is 1. The van der Waals surface area contributed by atoms with Crippen LogP contribution >= 0.6 is 0 Å². The highest BCUT2D eigenvalue weighted by Gasteiger charge is 2.49. The van der Waals surface area contributed by atoms with E-state index in [9.17, 15) is 35.1 Å². The second-order valence-electron chi connectivity index (χ2n) is 19.3. The van der Waals surface area contributed by atoms with Crippen molar-refractivity contribution < 1.29 is 49.4 Å². The van der Waals surface area contributed by atoms with E-state index in [1.807, 2.05) is 67.6 Å². The molecule has 0 aromatic heterocycles. The molecule has 5 aliphatic rings. The number of phenolic OH excluding ortho intramolecular Hbond substituents is 1. The molecule has 67 heavy (non-hydrogen) atoms. The molecule has 10 atom stereocenters. The SMILES string of the molecule is CCC[C@]1(O)[C@@H]2CCC(=O)[C@H](Cc3cccc(c3)C[C@H](O)/C=C3/C[C@@H](c4cc(NC[C@H](C)O)cc([C@@H](O)CNC)c4)C#C[C@@H]4CC(=O)Oc5c4cc(c(O)c5[C@H]4C=CC=CC4)C[C@H]1OC3=O)C2. The summed E-state index contributed by atoms with van der Waals surface area (Å²) in [6, 6.07) is 15.1. The monoisotopic (exact) mass is 912 g/mol. The van der Waals surface area contributed by atoms with Gasteiger partial charge in [-0.1, -0.05) is 79.8 Å². The smallest absolute Gasteiger partial charge is 0.334 e. The predicted molar refractivity (Wildman–Crippen MR) is 255 cm³/mol. The lowest BCUT2D eigenvalue weighted by Gasteiger charge is -2.45. The maximum Gasteiger partial charge on any atom is 0.334 e. The van der Waals surface area contributed by atoms with Crippen LogP contribution in [0, 0.1) is 23.7 Å². The van der Waals surface area contributed by atoms with Crippen molar-refractivity contribution in [2.75, 3.05) is 25.5 Å². The van der Waals surface area contributed by atoms with Crippen LogP contribution in [0.25, 0.3) is 0 Å². The molecule has 3 aliphatic heterocycles. The van der Waals surface area contributed by atoms with Crippen LogP contribution in [0.3, 0.4) is 0 Å². The van der Waals surface area contributed by atoms with E-state index < -0.39 is 65.6 Å². The zero-order chi connectivity index (χ0) is 47.4. The average Bonchev–Trinajstić information content (AvgIpc) is 3.30. The number of anilines is 1. The summed E-state index contributed by atoms with van der Waals surface area (Å²) >= 11 is 0. The van der Waals surface area contributed by atoms with Gasteiger partial charge in [-0.3, -0.25) is 9.59 Å². The molecule has 0 unspecified atom stereocenters. The summed E-state index contributed by atoms with van der Waals surface area (Å²) in [6.07, 6.45) is 7.86. The van der Waals surface area contributed by atoms with Gasteiger partial charge in [0.1, 0.15) is 29.0 Å². The highest BCUT2D eigenvalue weighted by atomic mass is 16.6. The van der Waals surface area contributed by atoms with Crippen LogP contribution in [-0.4, -0.2) is 87.3 Å². The Morgan fingerprint density at radius 1 is 0.940 bits per heavy atom. The maximum atomic E-state index is 15.3. The fraction of sp³-hybridized carbons (Fsp3) is 0.473. The molecule has 8 rings (SSSR count). The van der Waals surface area contributed by atoms with Gasteiger partial charge < -0.3 is 45.6 Å². The number of likely N-dealkylation sites (N-methyl/N-ethyl adjacent to an activating group) is 1. The van der Waals surface area contributed by atoms with Crippen LogP contribution in [0.4, 0.5) is 5.69 Å². The number of hydrogen-bond donors (Lipinski definition) is 7. The highest BCUT2D eigenvalue weighted by molar-refractivity contribution is 5.89. The van der Waals surface area contributed by atoms with E-state index in [1.165, 1.54) is 6.08 Å².